The first-order valence-electron chi connectivity index (χ1n) is 6.14. The minimum atomic E-state index is -5.33. The van der Waals surface area contributed by atoms with E-state index >= 15 is 0 Å². The van der Waals surface area contributed by atoms with Crippen molar-refractivity contribution in [1.29, 1.82) is 0 Å². The molecule has 20 heavy (non-hydrogen) atoms. The van der Waals surface area contributed by atoms with Gasteiger partial charge in [-0.3, -0.25) is 0 Å². The van der Waals surface area contributed by atoms with Crippen molar-refractivity contribution in [2.24, 2.45) is 0 Å². The van der Waals surface area contributed by atoms with Crippen LogP contribution in [0.4, 0.5) is 17.3 Å². The first-order chi connectivity index (χ1) is 8.86. The molecule has 106 valence electrons. The summed E-state index contributed by atoms with van der Waals surface area (Å²) in [4.78, 5) is 0. The molecule has 0 spiro atoms. The summed E-state index contributed by atoms with van der Waals surface area (Å²) >= 11 is 0. The van der Waals surface area contributed by atoms with Crippen LogP contribution < -0.4 is 61.6 Å². The third-order valence-corrected chi connectivity index (χ3v) is 3.08. The Morgan fingerprint density at radius 3 is 2.50 bits per heavy atom. The number of hydrogen-bond acceptors (Lipinski definition) is 2. The third kappa shape index (κ3) is 4.99. The molecule has 1 aromatic carbocycles. The maximum atomic E-state index is 13.3. The Bertz CT molecular complexity index is 456. The van der Waals surface area contributed by atoms with Gasteiger partial charge in [0.15, 0.2) is 0 Å². The first kappa shape index (κ1) is 18.5. The van der Waals surface area contributed by atoms with Gasteiger partial charge in [-0.2, -0.15) is 0 Å². The summed E-state index contributed by atoms with van der Waals surface area (Å²) < 4.78 is 61.3. The molecule has 1 saturated heterocycles. The van der Waals surface area contributed by atoms with Gasteiger partial charge in [0, 0.05) is 6.07 Å². The van der Waals surface area contributed by atoms with E-state index in [-0.39, 0.29) is 75.9 Å². The van der Waals surface area contributed by atoms with Crippen molar-refractivity contribution in [1.82, 2.24) is 0 Å². The molecule has 2 rings (SSSR count). The molecule has 0 aliphatic carbocycles. The molecule has 0 radical (unpaired) electrons. The van der Waals surface area contributed by atoms with Gasteiger partial charge in [-0.05, 0) is 25.8 Å². The molecular weight excluding hydrogens is 302 g/mol. The van der Waals surface area contributed by atoms with Crippen molar-refractivity contribution in [3.05, 3.63) is 24.0 Å². The standard InChI is InChI=1S/C12H14BF4O2.K/c1-8-2-3-10(19-8)7-18-9-4-5-11(12(14)6-9)13(15,16)17;/h4-6,8,10H,2-3,7H2,1H3;/q-1;+1. The van der Waals surface area contributed by atoms with Gasteiger partial charge >= 0.3 is 58.4 Å². The van der Waals surface area contributed by atoms with Gasteiger partial charge in [0.05, 0.1) is 18.0 Å². The second kappa shape index (κ2) is 7.60. The predicted octanol–water partition coefficient (Wildman–Crippen LogP) is -0.170. The monoisotopic (exact) mass is 316 g/mol. The summed E-state index contributed by atoms with van der Waals surface area (Å²) in [6, 6.07) is 2.61. The molecular formula is C12H14BF4KO2. The van der Waals surface area contributed by atoms with E-state index in [2.05, 4.69) is 0 Å². The first-order valence-corrected chi connectivity index (χ1v) is 6.14. The molecule has 8 heteroatoms. The van der Waals surface area contributed by atoms with E-state index in [1.807, 2.05) is 6.92 Å². The van der Waals surface area contributed by atoms with Crippen molar-refractivity contribution >= 4 is 12.4 Å². The van der Waals surface area contributed by atoms with Gasteiger partial charge in [0.1, 0.15) is 12.4 Å². The molecule has 0 amide bonds. The zero-order valence-corrected chi connectivity index (χ0v) is 14.5. The summed E-state index contributed by atoms with van der Waals surface area (Å²) in [5.74, 6) is -1.21. The quantitative estimate of drug-likeness (QED) is 0.567. The molecule has 0 aromatic heterocycles. The second-order valence-electron chi connectivity index (χ2n) is 4.72. The van der Waals surface area contributed by atoms with Crippen molar-refractivity contribution in [2.75, 3.05) is 6.61 Å². The van der Waals surface area contributed by atoms with E-state index in [1.54, 1.807) is 0 Å². The third-order valence-electron chi connectivity index (χ3n) is 3.08. The molecule has 1 aliphatic rings. The number of halogens is 4. The normalized spacial score (nSPS) is 22.4. The Balaban J connectivity index is 0.00000200. The Hall–Kier alpha value is 0.401. The molecule has 1 fully saturated rings. The average Bonchev–Trinajstić information content (AvgIpc) is 2.71. The summed E-state index contributed by atoms with van der Waals surface area (Å²) in [6.07, 6.45) is 1.86. The minimum absolute atomic E-state index is 0. The van der Waals surface area contributed by atoms with Gasteiger partial charge in [-0.15, -0.1) is 0 Å². The van der Waals surface area contributed by atoms with Crippen LogP contribution in [0.5, 0.6) is 5.75 Å². The SMILES string of the molecule is CC1CCC(COc2ccc([B-](F)(F)F)c(F)c2)O1.[K+]. The van der Waals surface area contributed by atoms with Crippen LogP contribution in [0.25, 0.3) is 0 Å². The molecule has 0 bridgehead atoms. The minimum Gasteiger partial charge on any atom is -0.491 e. The Morgan fingerprint density at radius 2 is 2.00 bits per heavy atom. The number of rotatable bonds is 4. The summed E-state index contributed by atoms with van der Waals surface area (Å²) in [6.45, 7) is -3.16. The largest absolute Gasteiger partial charge is 1.00 e. The van der Waals surface area contributed by atoms with E-state index in [1.165, 1.54) is 0 Å². The van der Waals surface area contributed by atoms with E-state index < -0.39 is 18.3 Å². The predicted molar refractivity (Wildman–Crippen MR) is 64.2 cm³/mol. The fraction of sp³-hybridized carbons (Fsp3) is 0.500. The van der Waals surface area contributed by atoms with Crippen molar-refractivity contribution in [3.8, 4) is 5.75 Å². The van der Waals surface area contributed by atoms with E-state index in [0.717, 1.165) is 25.0 Å². The average molecular weight is 316 g/mol. The van der Waals surface area contributed by atoms with E-state index in [9.17, 15) is 17.3 Å². The van der Waals surface area contributed by atoms with E-state index in [0.29, 0.717) is 6.07 Å². The Kier molecular flexibility index (Phi) is 7.01. The fourth-order valence-corrected chi connectivity index (χ4v) is 2.06. The molecule has 1 heterocycles. The van der Waals surface area contributed by atoms with Crippen LogP contribution in [-0.4, -0.2) is 25.8 Å². The van der Waals surface area contributed by atoms with Crippen molar-refractivity contribution < 1.29 is 78.2 Å². The summed E-state index contributed by atoms with van der Waals surface area (Å²) in [5, 5.41) is 0. The summed E-state index contributed by atoms with van der Waals surface area (Å²) in [5.41, 5.74) is -1.22. The molecule has 2 nitrogen and oxygen atoms in total. The molecule has 1 aliphatic heterocycles. The van der Waals surface area contributed by atoms with Crippen LogP contribution in [0, 0.1) is 5.82 Å². The van der Waals surface area contributed by atoms with Gasteiger partial charge in [0.2, 0.25) is 0 Å². The smallest absolute Gasteiger partial charge is 0.491 e. The topological polar surface area (TPSA) is 18.5 Å². The van der Waals surface area contributed by atoms with Crippen molar-refractivity contribution in [3.63, 3.8) is 0 Å². The maximum absolute atomic E-state index is 13.3. The van der Waals surface area contributed by atoms with Gasteiger partial charge in [-0.25, -0.2) is 4.39 Å². The van der Waals surface area contributed by atoms with Gasteiger partial charge in [-0.1, -0.05) is 11.5 Å². The zero-order valence-electron chi connectivity index (χ0n) is 11.4. The second-order valence-corrected chi connectivity index (χ2v) is 4.72. The fourth-order valence-electron chi connectivity index (χ4n) is 2.06. The van der Waals surface area contributed by atoms with Crippen LogP contribution in [0.2, 0.25) is 0 Å². The number of ether oxygens (including phenoxy) is 2. The number of benzene rings is 1. The number of hydrogen-bond donors (Lipinski definition) is 0. The van der Waals surface area contributed by atoms with E-state index in [4.69, 9.17) is 9.47 Å². The molecule has 0 saturated carbocycles. The molecule has 2 unspecified atom stereocenters. The van der Waals surface area contributed by atoms with Crippen LogP contribution in [0.3, 0.4) is 0 Å². The van der Waals surface area contributed by atoms with Gasteiger partial charge < -0.3 is 22.4 Å². The van der Waals surface area contributed by atoms with Crippen LogP contribution >= 0.6 is 0 Å². The Labute approximate surface area is 157 Å². The van der Waals surface area contributed by atoms with Crippen molar-refractivity contribution in [2.45, 2.75) is 32.0 Å². The summed E-state index contributed by atoms with van der Waals surface area (Å²) in [7, 11) is 0. The van der Waals surface area contributed by atoms with Crippen LogP contribution in [0.1, 0.15) is 19.8 Å². The molecule has 1 aromatic rings. The Morgan fingerprint density at radius 1 is 1.30 bits per heavy atom. The molecule has 0 N–H and O–H groups in total. The van der Waals surface area contributed by atoms with Crippen LogP contribution in [-0.2, 0) is 4.74 Å². The maximum Gasteiger partial charge on any atom is 1.00 e. The van der Waals surface area contributed by atoms with Gasteiger partial charge in [0.25, 0.3) is 0 Å². The molecule has 2 atom stereocenters. The zero-order chi connectivity index (χ0) is 14.0. The van der Waals surface area contributed by atoms with Crippen LogP contribution in [0.15, 0.2) is 18.2 Å².